The topological polar surface area (TPSA) is 46.2 Å². The Hall–Kier alpha value is 0.260. The van der Waals surface area contributed by atoms with Gasteiger partial charge < -0.3 is 0 Å². The zero-order valence-electron chi connectivity index (χ0n) is 11.1. The molecule has 1 N–H and O–H groups in total. The highest BCUT2D eigenvalue weighted by molar-refractivity contribution is 7.99. The van der Waals surface area contributed by atoms with Gasteiger partial charge in [-0.15, -0.1) is 0 Å². The predicted octanol–water partition coefficient (Wildman–Crippen LogP) is 2.63. The van der Waals surface area contributed by atoms with Crippen molar-refractivity contribution in [3.63, 3.8) is 0 Å². The third-order valence-electron chi connectivity index (χ3n) is 3.67. The Balaban J connectivity index is 2.44. The van der Waals surface area contributed by atoms with Crippen molar-refractivity contribution in [2.24, 2.45) is 5.92 Å². The molecule has 0 unspecified atom stereocenters. The summed E-state index contributed by atoms with van der Waals surface area (Å²) in [4.78, 5) is 0. The molecule has 102 valence electrons. The lowest BCUT2D eigenvalue weighted by Gasteiger charge is -2.17. The second kappa shape index (κ2) is 7.00. The molecule has 1 fully saturated rings. The summed E-state index contributed by atoms with van der Waals surface area (Å²) in [7, 11) is -3.08. The second-order valence-electron chi connectivity index (χ2n) is 4.95. The largest absolute Gasteiger partial charge is 0.212 e. The fourth-order valence-electron chi connectivity index (χ4n) is 2.40. The van der Waals surface area contributed by atoms with Gasteiger partial charge in [0.15, 0.2) is 0 Å². The lowest BCUT2D eigenvalue weighted by Crippen LogP contribution is -2.36. The van der Waals surface area contributed by atoms with Crippen molar-refractivity contribution in [2.45, 2.75) is 57.2 Å². The lowest BCUT2D eigenvalue weighted by molar-refractivity contribution is 0.506. The summed E-state index contributed by atoms with van der Waals surface area (Å²) in [5, 5.41) is 0.635. The monoisotopic (exact) mass is 279 g/mol. The summed E-state index contributed by atoms with van der Waals surface area (Å²) in [6.07, 6.45) is 7.10. The average Bonchev–Trinajstić information content (AvgIpc) is 2.72. The molecule has 1 saturated carbocycles. The molecule has 0 amide bonds. The van der Waals surface area contributed by atoms with E-state index in [0.29, 0.717) is 16.9 Å². The molecule has 1 aliphatic carbocycles. The Bertz CT molecular complexity index is 312. The maximum atomic E-state index is 12.0. The van der Waals surface area contributed by atoms with Crippen LogP contribution in [0.3, 0.4) is 0 Å². The van der Waals surface area contributed by atoms with Crippen LogP contribution in [0.15, 0.2) is 0 Å². The fraction of sp³-hybridized carbons (Fsp3) is 1.00. The molecule has 0 heterocycles. The smallest absolute Gasteiger partial charge is 0.212 e. The van der Waals surface area contributed by atoms with E-state index < -0.39 is 10.0 Å². The minimum absolute atomic E-state index is 0.173. The van der Waals surface area contributed by atoms with Crippen LogP contribution in [-0.4, -0.2) is 31.7 Å². The standard InChI is InChI=1S/C12H25NO2S2/c1-4-10(5-2)9-17(14,15)13-11-6-7-12(8-11)16-3/h10-13H,4-9H2,1-3H3/t11-,12-/m0/s1. The molecule has 0 saturated heterocycles. The van der Waals surface area contributed by atoms with Crippen LogP contribution in [0.25, 0.3) is 0 Å². The van der Waals surface area contributed by atoms with Gasteiger partial charge in [-0.2, -0.15) is 11.8 Å². The molecule has 0 aliphatic heterocycles. The number of sulfonamides is 1. The second-order valence-corrected chi connectivity index (χ2v) is 7.89. The molecule has 1 rings (SSSR count). The maximum Gasteiger partial charge on any atom is 0.212 e. The Morgan fingerprint density at radius 1 is 1.29 bits per heavy atom. The van der Waals surface area contributed by atoms with Crippen LogP contribution >= 0.6 is 11.8 Å². The van der Waals surface area contributed by atoms with E-state index in [1.165, 1.54) is 0 Å². The predicted molar refractivity (Wildman–Crippen MR) is 75.9 cm³/mol. The van der Waals surface area contributed by atoms with Gasteiger partial charge in [-0.3, -0.25) is 0 Å². The summed E-state index contributed by atoms with van der Waals surface area (Å²) < 4.78 is 26.9. The first kappa shape index (κ1) is 15.3. The van der Waals surface area contributed by atoms with E-state index >= 15 is 0 Å². The van der Waals surface area contributed by atoms with Gasteiger partial charge in [0.05, 0.1) is 5.75 Å². The molecule has 0 radical (unpaired) electrons. The zero-order chi connectivity index (χ0) is 12.9. The Morgan fingerprint density at radius 2 is 1.94 bits per heavy atom. The van der Waals surface area contributed by atoms with Crippen LogP contribution in [0, 0.1) is 5.92 Å². The van der Waals surface area contributed by atoms with Crippen LogP contribution in [0.5, 0.6) is 0 Å². The number of hydrogen-bond acceptors (Lipinski definition) is 3. The molecule has 0 aromatic carbocycles. The number of thioether (sulfide) groups is 1. The van der Waals surface area contributed by atoms with Crippen molar-refractivity contribution in [3.8, 4) is 0 Å². The van der Waals surface area contributed by atoms with E-state index in [1.807, 2.05) is 11.8 Å². The minimum atomic E-state index is -3.08. The van der Waals surface area contributed by atoms with Crippen LogP contribution in [0.1, 0.15) is 46.0 Å². The van der Waals surface area contributed by atoms with Crippen molar-refractivity contribution < 1.29 is 8.42 Å². The third kappa shape index (κ3) is 5.18. The van der Waals surface area contributed by atoms with Gasteiger partial charge in [0.25, 0.3) is 0 Å². The van der Waals surface area contributed by atoms with Gasteiger partial charge in [0.2, 0.25) is 10.0 Å². The van der Waals surface area contributed by atoms with Crippen molar-refractivity contribution in [1.29, 1.82) is 0 Å². The summed E-state index contributed by atoms with van der Waals surface area (Å²) >= 11 is 1.85. The average molecular weight is 279 g/mol. The zero-order valence-corrected chi connectivity index (χ0v) is 12.7. The van der Waals surface area contributed by atoms with Crippen molar-refractivity contribution in [2.75, 3.05) is 12.0 Å². The summed E-state index contributed by atoms with van der Waals surface area (Å²) in [6.45, 7) is 4.12. The van der Waals surface area contributed by atoms with Gasteiger partial charge in [0, 0.05) is 11.3 Å². The van der Waals surface area contributed by atoms with E-state index in [1.54, 1.807) is 0 Å². The SMILES string of the molecule is CCC(CC)CS(=O)(=O)N[C@H]1CC[C@H](SC)C1. The Morgan fingerprint density at radius 3 is 2.41 bits per heavy atom. The molecule has 17 heavy (non-hydrogen) atoms. The highest BCUT2D eigenvalue weighted by Gasteiger charge is 2.28. The Labute approximate surface area is 110 Å². The van der Waals surface area contributed by atoms with E-state index in [4.69, 9.17) is 0 Å². The van der Waals surface area contributed by atoms with E-state index in [2.05, 4.69) is 24.8 Å². The molecule has 1 aliphatic rings. The van der Waals surface area contributed by atoms with Gasteiger partial charge >= 0.3 is 0 Å². The first-order chi connectivity index (χ1) is 8.00. The van der Waals surface area contributed by atoms with Crippen molar-refractivity contribution in [3.05, 3.63) is 0 Å². The van der Waals surface area contributed by atoms with Crippen LogP contribution < -0.4 is 4.72 Å². The van der Waals surface area contributed by atoms with Crippen molar-refractivity contribution in [1.82, 2.24) is 4.72 Å². The van der Waals surface area contributed by atoms with Crippen molar-refractivity contribution >= 4 is 21.8 Å². The van der Waals surface area contributed by atoms with Gasteiger partial charge in [-0.05, 0) is 31.4 Å². The lowest BCUT2D eigenvalue weighted by atomic mass is 10.1. The Kier molecular flexibility index (Phi) is 6.31. The van der Waals surface area contributed by atoms with Gasteiger partial charge in [0.1, 0.15) is 0 Å². The normalized spacial score (nSPS) is 25.6. The molecular formula is C12H25NO2S2. The van der Waals surface area contributed by atoms with Crippen LogP contribution in [-0.2, 0) is 10.0 Å². The molecule has 5 heteroatoms. The fourth-order valence-corrected chi connectivity index (χ4v) is 5.10. The van der Waals surface area contributed by atoms with E-state index in [-0.39, 0.29) is 6.04 Å². The summed E-state index contributed by atoms with van der Waals surface area (Å²) in [6, 6.07) is 0.173. The van der Waals surface area contributed by atoms with Gasteiger partial charge in [-0.25, -0.2) is 13.1 Å². The van der Waals surface area contributed by atoms with E-state index in [0.717, 1.165) is 32.1 Å². The van der Waals surface area contributed by atoms with Gasteiger partial charge in [-0.1, -0.05) is 26.7 Å². The molecule has 2 atom stereocenters. The minimum Gasteiger partial charge on any atom is -0.212 e. The molecular weight excluding hydrogens is 254 g/mol. The highest BCUT2D eigenvalue weighted by Crippen LogP contribution is 2.28. The molecule has 0 spiro atoms. The first-order valence-electron chi connectivity index (χ1n) is 6.53. The van der Waals surface area contributed by atoms with Crippen LogP contribution in [0.4, 0.5) is 0 Å². The number of nitrogens with one attached hydrogen (secondary N) is 1. The summed E-state index contributed by atoms with van der Waals surface area (Å²) in [5.41, 5.74) is 0. The maximum absolute atomic E-state index is 12.0. The molecule has 0 aromatic rings. The van der Waals surface area contributed by atoms with E-state index in [9.17, 15) is 8.42 Å². The molecule has 0 bridgehead atoms. The number of hydrogen-bond donors (Lipinski definition) is 1. The molecule has 0 aromatic heterocycles. The molecule has 3 nitrogen and oxygen atoms in total. The quantitative estimate of drug-likeness (QED) is 0.779. The van der Waals surface area contributed by atoms with Crippen LogP contribution in [0.2, 0.25) is 0 Å². The third-order valence-corrected chi connectivity index (χ3v) is 6.37. The first-order valence-corrected chi connectivity index (χ1v) is 9.47. The summed E-state index contributed by atoms with van der Waals surface area (Å²) in [5.74, 6) is 0.589. The highest BCUT2D eigenvalue weighted by atomic mass is 32.2. The number of rotatable bonds is 7.